The van der Waals surface area contributed by atoms with Gasteiger partial charge in [0, 0.05) is 0 Å². The lowest BCUT2D eigenvalue weighted by Gasteiger charge is -2.03. The minimum Gasteiger partial charge on any atom is -0.368 e. The van der Waals surface area contributed by atoms with Gasteiger partial charge in [0.05, 0.1) is 0 Å². The van der Waals surface area contributed by atoms with Crippen molar-refractivity contribution in [2.24, 2.45) is 5.73 Å². The molecule has 0 saturated heterocycles. The van der Waals surface area contributed by atoms with E-state index >= 15 is 0 Å². The van der Waals surface area contributed by atoms with Gasteiger partial charge >= 0.3 is 0 Å². The maximum atomic E-state index is 10.3. The number of nitrogens with one attached hydrogen (secondary N) is 1. The molecule has 3 heteroatoms. The molecular formula is C5H10N2O. The Kier molecular flexibility index (Phi) is 2.88. The lowest BCUT2D eigenvalue weighted by molar-refractivity contribution is -0.118. The molecule has 0 radical (unpaired) electrons. The van der Waals surface area contributed by atoms with Crippen molar-refractivity contribution in [1.82, 2.24) is 5.32 Å². The second-order valence-corrected chi connectivity index (χ2v) is 1.40. The van der Waals surface area contributed by atoms with Crippen molar-refractivity contribution in [3.8, 4) is 0 Å². The molecule has 46 valence electrons. The number of carbonyl (C=O) groups excluding carboxylic acids is 1. The van der Waals surface area contributed by atoms with E-state index in [1.807, 2.05) is 0 Å². The molecule has 0 saturated carbocycles. The fraction of sp³-hybridized carbons (Fsp3) is 0.400. The molecule has 1 atom stereocenters. The van der Waals surface area contributed by atoms with Crippen LogP contribution in [0.5, 0.6) is 0 Å². The van der Waals surface area contributed by atoms with Crippen molar-refractivity contribution in [3.63, 3.8) is 0 Å². The predicted octanol–water partition coefficient (Wildman–Crippen LogP) is -0.754. The van der Waals surface area contributed by atoms with E-state index in [4.69, 9.17) is 5.73 Å². The molecule has 8 heavy (non-hydrogen) atoms. The van der Waals surface area contributed by atoms with E-state index in [9.17, 15) is 4.79 Å². The Balaban J connectivity index is 3.69. The summed E-state index contributed by atoms with van der Waals surface area (Å²) in [6.07, 6.45) is 1.46. The summed E-state index contributed by atoms with van der Waals surface area (Å²) in [6.45, 7) is 3.39. The summed E-state index contributed by atoms with van der Waals surface area (Å²) in [7, 11) is 1.65. The van der Waals surface area contributed by atoms with Gasteiger partial charge in [-0.15, -0.1) is 6.58 Å². The first-order valence-electron chi connectivity index (χ1n) is 2.31. The van der Waals surface area contributed by atoms with Gasteiger partial charge < -0.3 is 11.1 Å². The molecule has 0 aromatic rings. The zero-order valence-electron chi connectivity index (χ0n) is 4.85. The zero-order chi connectivity index (χ0) is 6.57. The third kappa shape index (κ3) is 1.75. The molecule has 0 aromatic heterocycles. The number of primary amides is 1. The van der Waals surface area contributed by atoms with Crippen LogP contribution < -0.4 is 11.1 Å². The van der Waals surface area contributed by atoms with E-state index < -0.39 is 11.9 Å². The second kappa shape index (κ2) is 3.21. The normalized spacial score (nSPS) is 12.6. The van der Waals surface area contributed by atoms with Crippen molar-refractivity contribution >= 4 is 5.91 Å². The van der Waals surface area contributed by atoms with Crippen molar-refractivity contribution < 1.29 is 4.79 Å². The van der Waals surface area contributed by atoms with Crippen LogP contribution in [-0.2, 0) is 4.79 Å². The van der Waals surface area contributed by atoms with Crippen LogP contribution in [0.4, 0.5) is 0 Å². The summed E-state index contributed by atoms with van der Waals surface area (Å²) < 4.78 is 0. The number of rotatable bonds is 3. The molecule has 0 heterocycles. The Labute approximate surface area is 48.6 Å². The molecule has 0 bridgehead atoms. The summed E-state index contributed by atoms with van der Waals surface area (Å²) in [5.41, 5.74) is 4.89. The van der Waals surface area contributed by atoms with E-state index in [-0.39, 0.29) is 0 Å². The van der Waals surface area contributed by atoms with Gasteiger partial charge in [0.25, 0.3) is 0 Å². The Hall–Kier alpha value is -0.830. The zero-order valence-corrected chi connectivity index (χ0v) is 4.85. The van der Waals surface area contributed by atoms with Crippen LogP contribution in [0.15, 0.2) is 12.7 Å². The fourth-order valence-corrected chi connectivity index (χ4v) is 0.376. The Morgan fingerprint density at radius 1 is 2.00 bits per heavy atom. The first kappa shape index (κ1) is 7.17. The van der Waals surface area contributed by atoms with E-state index in [0.29, 0.717) is 0 Å². The van der Waals surface area contributed by atoms with Crippen LogP contribution >= 0.6 is 0 Å². The molecule has 0 aliphatic carbocycles. The van der Waals surface area contributed by atoms with Crippen molar-refractivity contribution in [2.45, 2.75) is 6.04 Å². The minimum absolute atomic E-state index is 0.394. The van der Waals surface area contributed by atoms with Crippen LogP contribution in [0.1, 0.15) is 0 Å². The number of carbonyl (C=O) groups is 1. The number of hydrogen-bond donors (Lipinski definition) is 2. The van der Waals surface area contributed by atoms with Gasteiger partial charge in [0.1, 0.15) is 6.04 Å². The molecule has 0 unspecified atom stereocenters. The van der Waals surface area contributed by atoms with E-state index in [2.05, 4.69) is 11.9 Å². The van der Waals surface area contributed by atoms with Gasteiger partial charge in [0.15, 0.2) is 0 Å². The summed E-state index contributed by atoms with van der Waals surface area (Å²) in [4.78, 5) is 10.3. The third-order valence-electron chi connectivity index (χ3n) is 0.853. The fourth-order valence-electron chi connectivity index (χ4n) is 0.376. The average molecular weight is 114 g/mol. The molecule has 0 spiro atoms. The second-order valence-electron chi connectivity index (χ2n) is 1.40. The van der Waals surface area contributed by atoms with Gasteiger partial charge in [-0.05, 0) is 7.05 Å². The number of hydrogen-bond acceptors (Lipinski definition) is 2. The minimum atomic E-state index is -0.400. The van der Waals surface area contributed by atoms with Crippen LogP contribution in [0.2, 0.25) is 0 Å². The lowest BCUT2D eigenvalue weighted by atomic mass is 10.3. The summed E-state index contributed by atoms with van der Waals surface area (Å²) in [5.74, 6) is -0.400. The van der Waals surface area contributed by atoms with Crippen molar-refractivity contribution in [1.29, 1.82) is 0 Å². The van der Waals surface area contributed by atoms with Gasteiger partial charge in [0.2, 0.25) is 5.91 Å². The van der Waals surface area contributed by atoms with E-state index in [0.717, 1.165) is 0 Å². The highest BCUT2D eigenvalue weighted by molar-refractivity contribution is 5.81. The smallest absolute Gasteiger partial charge is 0.238 e. The Bertz CT molecular complexity index is 101. The highest BCUT2D eigenvalue weighted by Crippen LogP contribution is 1.77. The molecule has 0 rings (SSSR count). The molecule has 0 aromatic carbocycles. The Morgan fingerprint density at radius 3 is 2.50 bits per heavy atom. The predicted molar refractivity (Wildman–Crippen MR) is 32.2 cm³/mol. The maximum absolute atomic E-state index is 10.3. The largest absolute Gasteiger partial charge is 0.368 e. The monoisotopic (exact) mass is 114 g/mol. The molecular weight excluding hydrogens is 104 g/mol. The number of nitrogens with two attached hydrogens (primary N) is 1. The quantitative estimate of drug-likeness (QED) is 0.474. The highest BCUT2D eigenvalue weighted by Gasteiger charge is 2.04. The molecule has 0 fully saturated rings. The van der Waals surface area contributed by atoms with E-state index in [1.165, 1.54) is 6.08 Å². The van der Waals surface area contributed by atoms with Crippen molar-refractivity contribution in [2.75, 3.05) is 7.05 Å². The summed E-state index contributed by atoms with van der Waals surface area (Å²) >= 11 is 0. The first-order chi connectivity index (χ1) is 3.72. The van der Waals surface area contributed by atoms with Crippen LogP contribution in [0.25, 0.3) is 0 Å². The molecule has 3 N–H and O–H groups in total. The molecule has 3 nitrogen and oxygen atoms in total. The van der Waals surface area contributed by atoms with Crippen LogP contribution in [-0.4, -0.2) is 19.0 Å². The van der Waals surface area contributed by atoms with Crippen LogP contribution in [0, 0.1) is 0 Å². The average Bonchev–Trinajstić information content (AvgIpc) is 1.69. The molecule has 0 aliphatic heterocycles. The van der Waals surface area contributed by atoms with E-state index in [1.54, 1.807) is 7.05 Å². The lowest BCUT2D eigenvalue weighted by Crippen LogP contribution is -2.37. The third-order valence-corrected chi connectivity index (χ3v) is 0.853. The molecule has 1 amide bonds. The van der Waals surface area contributed by atoms with Gasteiger partial charge in [-0.25, -0.2) is 0 Å². The molecule has 0 aliphatic rings. The van der Waals surface area contributed by atoms with Gasteiger partial charge in [-0.2, -0.15) is 0 Å². The Morgan fingerprint density at radius 2 is 2.50 bits per heavy atom. The highest BCUT2D eigenvalue weighted by atomic mass is 16.1. The number of likely N-dealkylation sites (N-methyl/N-ethyl adjacent to an activating group) is 1. The maximum Gasteiger partial charge on any atom is 0.238 e. The van der Waals surface area contributed by atoms with Crippen LogP contribution in [0.3, 0.4) is 0 Å². The van der Waals surface area contributed by atoms with Gasteiger partial charge in [-0.1, -0.05) is 6.08 Å². The number of amides is 1. The van der Waals surface area contributed by atoms with Crippen molar-refractivity contribution in [3.05, 3.63) is 12.7 Å². The first-order valence-corrected chi connectivity index (χ1v) is 2.31. The topological polar surface area (TPSA) is 55.1 Å². The summed E-state index contributed by atoms with van der Waals surface area (Å²) in [5, 5.41) is 2.66. The summed E-state index contributed by atoms with van der Waals surface area (Å²) in [6, 6.07) is -0.394. The van der Waals surface area contributed by atoms with Gasteiger partial charge in [-0.3, -0.25) is 4.79 Å². The standard InChI is InChI=1S/C5H10N2O/c1-3-4(7-2)5(6)8/h3-4,7H,1H2,2H3,(H2,6,8)/t4-/m0/s1. The SMILES string of the molecule is C=C[C@H](NC)C(N)=O.